The second-order valence-electron chi connectivity index (χ2n) is 8.09. The number of ether oxygens (including phenoxy) is 3. The summed E-state index contributed by atoms with van der Waals surface area (Å²) in [6.07, 6.45) is 6.51. The molecule has 1 saturated heterocycles. The average Bonchev–Trinajstić information content (AvgIpc) is 3.31. The van der Waals surface area contributed by atoms with Crippen LogP contribution in [-0.4, -0.2) is 50.7 Å². The standard InChI is InChI=1S/C25H25N5O4/c1-17-22(4-3-12-26-17)34-24-21-11-15-30(23(21)27-16-28-24)18-9-13-29(14-10-18)25(31)33-20-7-5-19(32-2)6-8-20/h3-8,11-12,15-16,18H,9-10,13-14H2,1-2H3. The predicted octanol–water partition coefficient (Wildman–Crippen LogP) is 4.77. The summed E-state index contributed by atoms with van der Waals surface area (Å²) in [5, 5.41) is 0.840. The number of carbonyl (C=O) groups excluding carboxylic acids is 1. The van der Waals surface area contributed by atoms with E-state index in [4.69, 9.17) is 14.2 Å². The van der Waals surface area contributed by atoms with Crippen LogP contribution in [0.4, 0.5) is 4.79 Å². The Bertz CT molecular complexity index is 1300. The molecule has 0 N–H and O–H groups in total. The summed E-state index contributed by atoms with van der Waals surface area (Å²) < 4.78 is 18.8. The molecule has 0 spiro atoms. The van der Waals surface area contributed by atoms with Crippen LogP contribution in [0.15, 0.2) is 61.2 Å². The second kappa shape index (κ2) is 9.38. The van der Waals surface area contributed by atoms with Gasteiger partial charge in [0.15, 0.2) is 5.75 Å². The van der Waals surface area contributed by atoms with Gasteiger partial charge >= 0.3 is 6.09 Å². The van der Waals surface area contributed by atoms with E-state index in [1.165, 1.54) is 6.33 Å². The smallest absolute Gasteiger partial charge is 0.415 e. The summed E-state index contributed by atoms with van der Waals surface area (Å²) >= 11 is 0. The molecule has 0 saturated carbocycles. The highest BCUT2D eigenvalue weighted by Crippen LogP contribution is 2.32. The number of pyridine rings is 1. The van der Waals surface area contributed by atoms with E-state index in [1.807, 2.05) is 31.3 Å². The third-order valence-electron chi connectivity index (χ3n) is 6.02. The zero-order chi connectivity index (χ0) is 23.5. The molecule has 174 valence electrons. The zero-order valence-corrected chi connectivity index (χ0v) is 19.0. The molecule has 0 atom stereocenters. The number of aryl methyl sites for hydroxylation is 1. The molecule has 0 unspecified atom stereocenters. The summed E-state index contributed by atoms with van der Waals surface area (Å²) in [5.74, 6) is 2.38. The zero-order valence-electron chi connectivity index (χ0n) is 19.0. The first-order valence-electron chi connectivity index (χ1n) is 11.1. The number of piperidine rings is 1. The number of nitrogens with zero attached hydrogens (tertiary/aromatic N) is 5. The Kier molecular flexibility index (Phi) is 5.99. The molecule has 0 aliphatic carbocycles. The van der Waals surface area contributed by atoms with Crippen molar-refractivity contribution in [1.29, 1.82) is 0 Å². The van der Waals surface area contributed by atoms with Gasteiger partial charge in [-0.15, -0.1) is 0 Å². The molecule has 1 fully saturated rings. The SMILES string of the molecule is COc1ccc(OC(=O)N2CCC(n3ccc4c(Oc5cccnc5C)ncnc43)CC2)cc1. The first kappa shape index (κ1) is 21.7. The normalized spacial score (nSPS) is 14.2. The molecule has 0 radical (unpaired) electrons. The van der Waals surface area contributed by atoms with Crippen molar-refractivity contribution in [2.45, 2.75) is 25.8 Å². The Balaban J connectivity index is 1.26. The number of methoxy groups -OCH3 is 1. The summed E-state index contributed by atoms with van der Waals surface area (Å²) in [4.78, 5) is 27.4. The van der Waals surface area contributed by atoms with Crippen molar-refractivity contribution in [3.63, 3.8) is 0 Å². The van der Waals surface area contributed by atoms with Gasteiger partial charge in [0.2, 0.25) is 5.88 Å². The molecule has 34 heavy (non-hydrogen) atoms. The number of fused-ring (bicyclic) bond motifs is 1. The van der Waals surface area contributed by atoms with E-state index in [0.29, 0.717) is 36.2 Å². The predicted molar refractivity (Wildman–Crippen MR) is 125 cm³/mol. The molecule has 9 nitrogen and oxygen atoms in total. The number of hydrogen-bond donors (Lipinski definition) is 0. The summed E-state index contributed by atoms with van der Waals surface area (Å²) in [7, 11) is 1.60. The van der Waals surface area contributed by atoms with Crippen molar-refractivity contribution in [3.8, 4) is 23.1 Å². The van der Waals surface area contributed by atoms with E-state index >= 15 is 0 Å². The van der Waals surface area contributed by atoms with Crippen LogP contribution in [0.3, 0.4) is 0 Å². The highest BCUT2D eigenvalue weighted by atomic mass is 16.6. The van der Waals surface area contributed by atoms with Gasteiger partial charge in [0.25, 0.3) is 0 Å². The highest BCUT2D eigenvalue weighted by molar-refractivity contribution is 5.81. The van der Waals surface area contributed by atoms with Gasteiger partial charge in [-0.2, -0.15) is 0 Å². The molecule has 0 bridgehead atoms. The van der Waals surface area contributed by atoms with Crippen molar-refractivity contribution in [2.75, 3.05) is 20.2 Å². The molecule has 9 heteroatoms. The van der Waals surface area contributed by atoms with E-state index in [2.05, 4.69) is 19.5 Å². The minimum Gasteiger partial charge on any atom is -0.497 e. The summed E-state index contributed by atoms with van der Waals surface area (Å²) in [6.45, 7) is 3.09. The number of rotatable bonds is 5. The quantitative estimate of drug-likeness (QED) is 0.424. The summed E-state index contributed by atoms with van der Waals surface area (Å²) in [5.41, 5.74) is 1.60. The monoisotopic (exact) mass is 459 g/mol. The van der Waals surface area contributed by atoms with Crippen molar-refractivity contribution >= 4 is 17.1 Å². The third kappa shape index (κ3) is 4.36. The lowest BCUT2D eigenvalue weighted by Crippen LogP contribution is -2.40. The Labute approximate surface area is 196 Å². The van der Waals surface area contributed by atoms with Crippen LogP contribution in [0, 0.1) is 6.92 Å². The van der Waals surface area contributed by atoms with Crippen molar-refractivity contribution in [3.05, 3.63) is 66.9 Å². The fourth-order valence-corrected chi connectivity index (χ4v) is 4.14. The fourth-order valence-electron chi connectivity index (χ4n) is 4.14. The first-order chi connectivity index (χ1) is 16.6. The number of aromatic nitrogens is 4. The first-order valence-corrected chi connectivity index (χ1v) is 11.1. The van der Waals surface area contributed by atoms with Crippen LogP contribution in [0.25, 0.3) is 11.0 Å². The number of likely N-dealkylation sites (tertiary alicyclic amines) is 1. The number of amides is 1. The number of benzene rings is 1. The molecular weight excluding hydrogens is 434 g/mol. The molecule has 5 rings (SSSR count). The molecular formula is C25H25N5O4. The van der Waals surface area contributed by atoms with Gasteiger partial charge in [0.1, 0.15) is 23.5 Å². The molecule has 4 heterocycles. The van der Waals surface area contributed by atoms with E-state index in [9.17, 15) is 4.79 Å². The fraction of sp³-hybridized carbons (Fsp3) is 0.280. The molecule has 1 aliphatic rings. The lowest BCUT2D eigenvalue weighted by molar-refractivity contribution is 0.132. The van der Waals surface area contributed by atoms with Crippen molar-refractivity contribution < 1.29 is 19.0 Å². The maximum absolute atomic E-state index is 12.6. The van der Waals surface area contributed by atoms with E-state index in [0.717, 1.165) is 29.6 Å². The number of hydrogen-bond acceptors (Lipinski definition) is 7. The lowest BCUT2D eigenvalue weighted by atomic mass is 10.1. The van der Waals surface area contributed by atoms with Crippen LogP contribution in [0.5, 0.6) is 23.1 Å². The Hall–Kier alpha value is -4.14. The summed E-state index contributed by atoms with van der Waals surface area (Å²) in [6, 6.07) is 12.9. The van der Waals surface area contributed by atoms with Crippen molar-refractivity contribution in [2.24, 2.45) is 0 Å². The van der Waals surface area contributed by atoms with E-state index in [-0.39, 0.29) is 12.1 Å². The van der Waals surface area contributed by atoms with E-state index in [1.54, 1.807) is 42.5 Å². The Morgan fingerprint density at radius 3 is 2.50 bits per heavy atom. The lowest BCUT2D eigenvalue weighted by Gasteiger charge is -2.32. The molecule has 1 amide bonds. The van der Waals surface area contributed by atoms with Crippen LogP contribution >= 0.6 is 0 Å². The van der Waals surface area contributed by atoms with Crippen molar-refractivity contribution in [1.82, 2.24) is 24.4 Å². The maximum Gasteiger partial charge on any atom is 0.415 e. The molecule has 1 aromatic carbocycles. The maximum atomic E-state index is 12.6. The van der Waals surface area contributed by atoms with Gasteiger partial charge in [-0.25, -0.2) is 14.8 Å². The minimum atomic E-state index is -0.342. The van der Waals surface area contributed by atoms with Gasteiger partial charge in [0, 0.05) is 31.5 Å². The topological polar surface area (TPSA) is 91.6 Å². The van der Waals surface area contributed by atoms with Crippen LogP contribution < -0.4 is 14.2 Å². The minimum absolute atomic E-state index is 0.213. The Morgan fingerprint density at radius 1 is 1.00 bits per heavy atom. The third-order valence-corrected chi connectivity index (χ3v) is 6.02. The van der Waals surface area contributed by atoms with Crippen LogP contribution in [0.1, 0.15) is 24.6 Å². The molecule has 1 aliphatic heterocycles. The molecule has 4 aromatic rings. The van der Waals surface area contributed by atoms with Gasteiger partial charge in [-0.3, -0.25) is 4.98 Å². The highest BCUT2D eigenvalue weighted by Gasteiger charge is 2.26. The van der Waals surface area contributed by atoms with Gasteiger partial charge in [-0.1, -0.05) is 0 Å². The van der Waals surface area contributed by atoms with E-state index < -0.39 is 0 Å². The van der Waals surface area contributed by atoms with Gasteiger partial charge in [0.05, 0.1) is 18.2 Å². The van der Waals surface area contributed by atoms with Gasteiger partial charge in [-0.05, 0) is 62.2 Å². The second-order valence-corrected chi connectivity index (χ2v) is 8.09. The van der Waals surface area contributed by atoms with Crippen LogP contribution in [0.2, 0.25) is 0 Å². The average molecular weight is 460 g/mol. The van der Waals surface area contributed by atoms with Gasteiger partial charge < -0.3 is 23.7 Å². The largest absolute Gasteiger partial charge is 0.497 e. The Morgan fingerprint density at radius 2 is 1.76 bits per heavy atom. The number of carbonyl (C=O) groups is 1. The van der Waals surface area contributed by atoms with Crippen LogP contribution in [-0.2, 0) is 0 Å². The molecule has 3 aromatic heterocycles.